The Labute approximate surface area is 139 Å². The van der Waals surface area contributed by atoms with Crippen molar-refractivity contribution in [1.29, 1.82) is 0 Å². The topological polar surface area (TPSA) is 12.0 Å². The number of thiophene rings is 1. The van der Waals surface area contributed by atoms with Crippen molar-refractivity contribution in [1.82, 2.24) is 5.32 Å². The number of hydrogen-bond donors (Lipinski definition) is 1. The first kappa shape index (κ1) is 15.3. The summed E-state index contributed by atoms with van der Waals surface area (Å²) < 4.78 is 1.16. The molecule has 1 atom stereocenters. The average molecular weight is 364 g/mol. The first-order valence-corrected chi connectivity index (χ1v) is 9.52. The molecule has 1 aromatic heterocycles. The smallest absolute Gasteiger partial charge is 0.0175 e. The molecule has 1 unspecified atom stereocenters. The Hall–Kier alpha value is -0.640. The highest BCUT2D eigenvalue weighted by Crippen LogP contribution is 2.22. The first-order valence-electron chi connectivity index (χ1n) is 7.78. The van der Waals surface area contributed by atoms with Crippen LogP contribution in [0.5, 0.6) is 0 Å². The maximum absolute atomic E-state index is 3.71. The van der Waals surface area contributed by atoms with Crippen LogP contribution in [0.1, 0.15) is 30.4 Å². The van der Waals surface area contributed by atoms with Gasteiger partial charge >= 0.3 is 0 Å². The molecule has 112 valence electrons. The van der Waals surface area contributed by atoms with Gasteiger partial charge in [-0.2, -0.15) is 11.3 Å². The third kappa shape index (κ3) is 5.24. The second-order valence-electron chi connectivity index (χ2n) is 6.05. The molecule has 1 fully saturated rings. The molecule has 0 saturated heterocycles. The van der Waals surface area contributed by atoms with Gasteiger partial charge in [0.05, 0.1) is 0 Å². The Morgan fingerprint density at radius 2 is 1.95 bits per heavy atom. The lowest BCUT2D eigenvalue weighted by molar-refractivity contribution is 0.442. The molecular formula is C18H22BrNS. The predicted molar refractivity (Wildman–Crippen MR) is 95.0 cm³/mol. The van der Waals surface area contributed by atoms with E-state index in [-0.39, 0.29) is 0 Å². The van der Waals surface area contributed by atoms with Crippen LogP contribution < -0.4 is 5.32 Å². The first-order chi connectivity index (χ1) is 10.3. The molecule has 1 N–H and O–H groups in total. The quantitative estimate of drug-likeness (QED) is 0.691. The summed E-state index contributed by atoms with van der Waals surface area (Å²) in [5, 5.41) is 8.18. The molecule has 21 heavy (non-hydrogen) atoms. The Bertz CT molecular complexity index is 531. The summed E-state index contributed by atoms with van der Waals surface area (Å²) in [6, 6.07) is 11.9. The van der Waals surface area contributed by atoms with Crippen molar-refractivity contribution in [2.75, 3.05) is 6.54 Å². The van der Waals surface area contributed by atoms with Crippen molar-refractivity contribution in [3.8, 4) is 0 Å². The molecule has 0 radical (unpaired) electrons. The second kappa shape index (κ2) is 7.57. The molecule has 1 nitrogen and oxygen atoms in total. The zero-order chi connectivity index (χ0) is 14.5. The van der Waals surface area contributed by atoms with Gasteiger partial charge in [0.25, 0.3) is 0 Å². The van der Waals surface area contributed by atoms with E-state index < -0.39 is 0 Å². The Morgan fingerprint density at radius 1 is 1.14 bits per heavy atom. The van der Waals surface area contributed by atoms with E-state index >= 15 is 0 Å². The molecule has 1 aliphatic carbocycles. The Balaban J connectivity index is 1.55. The Kier molecular flexibility index (Phi) is 5.50. The molecule has 0 aliphatic heterocycles. The molecule has 1 aliphatic rings. The van der Waals surface area contributed by atoms with Crippen LogP contribution in [-0.2, 0) is 12.8 Å². The number of halogens is 1. The van der Waals surface area contributed by atoms with Crippen molar-refractivity contribution in [3.05, 3.63) is 56.7 Å². The van der Waals surface area contributed by atoms with Gasteiger partial charge in [-0.25, -0.2) is 0 Å². The van der Waals surface area contributed by atoms with E-state index in [9.17, 15) is 0 Å². The summed E-state index contributed by atoms with van der Waals surface area (Å²) in [6.07, 6.45) is 6.39. The molecule has 1 heterocycles. The lowest BCUT2D eigenvalue weighted by Crippen LogP contribution is -2.26. The molecule has 3 heteroatoms. The summed E-state index contributed by atoms with van der Waals surface area (Å²) >= 11 is 5.32. The van der Waals surface area contributed by atoms with Gasteiger partial charge in [0.1, 0.15) is 0 Å². The normalized spacial score (nSPS) is 16.0. The van der Waals surface area contributed by atoms with Gasteiger partial charge in [-0.15, -0.1) is 0 Å². The lowest BCUT2D eigenvalue weighted by Gasteiger charge is -2.18. The van der Waals surface area contributed by atoms with E-state index in [2.05, 4.69) is 62.3 Å². The van der Waals surface area contributed by atoms with Crippen LogP contribution in [0, 0.1) is 5.92 Å². The molecule has 2 aromatic rings. The minimum absolute atomic E-state index is 0.728. The minimum atomic E-state index is 0.728. The van der Waals surface area contributed by atoms with E-state index in [1.54, 1.807) is 11.3 Å². The third-order valence-corrected chi connectivity index (χ3v) is 5.39. The molecule has 0 bridgehead atoms. The lowest BCUT2D eigenvalue weighted by atomic mass is 9.93. The van der Waals surface area contributed by atoms with Crippen molar-refractivity contribution < 1.29 is 0 Å². The zero-order valence-electron chi connectivity index (χ0n) is 12.2. The maximum atomic E-state index is 3.71. The molecule has 1 saturated carbocycles. The SMILES string of the molecule is Brc1ccc(CC(CCc2ccsc2)CNC2CC2)cc1. The summed E-state index contributed by atoms with van der Waals surface area (Å²) in [5.41, 5.74) is 2.94. The minimum Gasteiger partial charge on any atom is -0.314 e. The second-order valence-corrected chi connectivity index (χ2v) is 7.75. The van der Waals surface area contributed by atoms with Crippen molar-refractivity contribution in [3.63, 3.8) is 0 Å². The fraction of sp³-hybridized carbons (Fsp3) is 0.444. The summed E-state index contributed by atoms with van der Waals surface area (Å²) in [7, 11) is 0. The molecular weight excluding hydrogens is 342 g/mol. The van der Waals surface area contributed by atoms with Gasteiger partial charge in [-0.05, 0) is 84.7 Å². The molecule has 3 rings (SSSR count). The van der Waals surface area contributed by atoms with Gasteiger partial charge in [0.2, 0.25) is 0 Å². The van der Waals surface area contributed by atoms with Crippen molar-refractivity contribution in [2.45, 2.75) is 38.1 Å². The third-order valence-electron chi connectivity index (χ3n) is 4.13. The van der Waals surface area contributed by atoms with E-state index in [1.165, 1.54) is 43.2 Å². The van der Waals surface area contributed by atoms with E-state index in [1.807, 2.05) is 0 Å². The van der Waals surface area contributed by atoms with Crippen LogP contribution in [0.4, 0.5) is 0 Å². The highest BCUT2D eigenvalue weighted by Gasteiger charge is 2.22. The summed E-state index contributed by atoms with van der Waals surface area (Å²) in [6.45, 7) is 1.16. The zero-order valence-corrected chi connectivity index (χ0v) is 14.6. The van der Waals surface area contributed by atoms with E-state index in [4.69, 9.17) is 0 Å². The van der Waals surface area contributed by atoms with Crippen LogP contribution in [0.25, 0.3) is 0 Å². The molecule has 0 spiro atoms. The number of rotatable bonds is 8. The van der Waals surface area contributed by atoms with Crippen LogP contribution in [0.2, 0.25) is 0 Å². The fourth-order valence-electron chi connectivity index (χ4n) is 2.66. The number of hydrogen-bond acceptors (Lipinski definition) is 2. The fourth-order valence-corrected chi connectivity index (χ4v) is 3.62. The summed E-state index contributed by atoms with van der Waals surface area (Å²) in [4.78, 5) is 0. The van der Waals surface area contributed by atoms with Gasteiger partial charge < -0.3 is 5.32 Å². The highest BCUT2D eigenvalue weighted by molar-refractivity contribution is 9.10. The standard InChI is InChI=1S/C18H22BrNS/c19-17-5-3-14(4-6-17)11-16(12-20-18-7-8-18)2-1-15-9-10-21-13-15/h3-6,9-10,13,16,18,20H,1-2,7-8,11-12H2. The van der Waals surface area contributed by atoms with Gasteiger partial charge in [-0.1, -0.05) is 28.1 Å². The number of benzene rings is 1. The Morgan fingerprint density at radius 3 is 2.62 bits per heavy atom. The highest BCUT2D eigenvalue weighted by atomic mass is 79.9. The molecule has 0 amide bonds. The van der Waals surface area contributed by atoms with E-state index in [0.717, 1.165) is 23.0 Å². The molecule has 1 aromatic carbocycles. The van der Waals surface area contributed by atoms with Gasteiger partial charge in [-0.3, -0.25) is 0 Å². The van der Waals surface area contributed by atoms with Crippen LogP contribution in [0.3, 0.4) is 0 Å². The predicted octanol–water partition coefficient (Wildman–Crippen LogP) is 5.05. The number of nitrogens with one attached hydrogen (secondary N) is 1. The average Bonchev–Trinajstić information content (AvgIpc) is 3.18. The largest absolute Gasteiger partial charge is 0.314 e. The monoisotopic (exact) mass is 363 g/mol. The van der Waals surface area contributed by atoms with Gasteiger partial charge in [0, 0.05) is 10.5 Å². The van der Waals surface area contributed by atoms with Gasteiger partial charge in [0.15, 0.2) is 0 Å². The van der Waals surface area contributed by atoms with Crippen LogP contribution in [0.15, 0.2) is 45.6 Å². The number of aryl methyl sites for hydroxylation is 1. The van der Waals surface area contributed by atoms with Crippen LogP contribution >= 0.6 is 27.3 Å². The van der Waals surface area contributed by atoms with E-state index in [0.29, 0.717) is 0 Å². The summed E-state index contributed by atoms with van der Waals surface area (Å²) in [5.74, 6) is 0.728. The maximum Gasteiger partial charge on any atom is 0.0175 e. The van der Waals surface area contributed by atoms with Crippen molar-refractivity contribution >= 4 is 27.3 Å². The van der Waals surface area contributed by atoms with Crippen LogP contribution in [-0.4, -0.2) is 12.6 Å². The van der Waals surface area contributed by atoms with Crippen molar-refractivity contribution in [2.24, 2.45) is 5.92 Å².